The van der Waals surface area contributed by atoms with E-state index in [4.69, 9.17) is 0 Å². The summed E-state index contributed by atoms with van der Waals surface area (Å²) in [6.07, 6.45) is 3.73. The van der Waals surface area contributed by atoms with E-state index in [-0.39, 0.29) is 17.2 Å². The molecule has 7 nitrogen and oxygen atoms in total. The zero-order chi connectivity index (χ0) is 22.3. The van der Waals surface area contributed by atoms with Gasteiger partial charge in [-0.3, -0.25) is 4.99 Å². The molecule has 0 unspecified atom stereocenters. The van der Waals surface area contributed by atoms with Gasteiger partial charge < -0.3 is 10.2 Å². The van der Waals surface area contributed by atoms with Gasteiger partial charge in [0.1, 0.15) is 10.7 Å². The van der Waals surface area contributed by atoms with Crippen molar-refractivity contribution >= 4 is 15.8 Å². The summed E-state index contributed by atoms with van der Waals surface area (Å²) in [5.41, 5.74) is 1.95. The molecule has 0 atom stereocenters. The molecule has 0 fully saturated rings. The van der Waals surface area contributed by atoms with Crippen molar-refractivity contribution < 1.29 is 12.8 Å². The van der Waals surface area contributed by atoms with E-state index >= 15 is 0 Å². The number of sulfone groups is 1. The molecule has 0 saturated heterocycles. The third-order valence-corrected chi connectivity index (χ3v) is 6.29. The Bertz CT molecular complexity index is 1130. The second kappa shape index (κ2) is 10.2. The maximum atomic E-state index is 13.8. The van der Waals surface area contributed by atoms with E-state index in [9.17, 15) is 12.8 Å². The van der Waals surface area contributed by atoms with E-state index in [2.05, 4.69) is 15.4 Å². The molecule has 0 aliphatic carbocycles. The van der Waals surface area contributed by atoms with Crippen molar-refractivity contribution in [3.8, 4) is 5.69 Å². The summed E-state index contributed by atoms with van der Waals surface area (Å²) in [5.74, 6) is -0.451. The summed E-state index contributed by atoms with van der Waals surface area (Å²) in [7, 11) is -1.89. The first-order valence-corrected chi connectivity index (χ1v) is 11.6. The Kier molecular flexibility index (Phi) is 7.41. The minimum Gasteiger partial charge on any atom is -0.357 e. The van der Waals surface area contributed by atoms with E-state index in [0.29, 0.717) is 19.0 Å². The summed E-state index contributed by atoms with van der Waals surface area (Å²) < 4.78 is 40.5. The highest BCUT2D eigenvalue weighted by molar-refractivity contribution is 7.91. The van der Waals surface area contributed by atoms with Gasteiger partial charge in [0.25, 0.3) is 0 Å². The lowest BCUT2D eigenvalue weighted by molar-refractivity contribution is 0.477. The van der Waals surface area contributed by atoms with Gasteiger partial charge in [0.05, 0.1) is 24.2 Å². The van der Waals surface area contributed by atoms with Gasteiger partial charge in [0, 0.05) is 31.9 Å². The van der Waals surface area contributed by atoms with Crippen LogP contribution in [0.4, 0.5) is 4.39 Å². The van der Waals surface area contributed by atoms with Crippen LogP contribution in [0.5, 0.6) is 0 Å². The van der Waals surface area contributed by atoms with Crippen molar-refractivity contribution in [1.29, 1.82) is 0 Å². The zero-order valence-corrected chi connectivity index (χ0v) is 18.4. The largest absolute Gasteiger partial charge is 0.357 e. The van der Waals surface area contributed by atoms with E-state index in [1.807, 2.05) is 55.4 Å². The SMILES string of the molecule is CCNC(=NCCS(=O)(=O)c1ccccc1F)N(C)Cc1cnn(-c2ccccc2)c1. The van der Waals surface area contributed by atoms with E-state index in [0.717, 1.165) is 17.3 Å². The van der Waals surface area contributed by atoms with Crippen LogP contribution >= 0.6 is 0 Å². The Morgan fingerprint density at radius 2 is 1.87 bits per heavy atom. The van der Waals surface area contributed by atoms with E-state index in [1.54, 1.807) is 10.9 Å². The van der Waals surface area contributed by atoms with Crippen molar-refractivity contribution in [2.45, 2.75) is 18.4 Å². The smallest absolute Gasteiger partial charge is 0.193 e. The Balaban J connectivity index is 1.66. The molecule has 0 saturated carbocycles. The first kappa shape index (κ1) is 22.5. The lowest BCUT2D eigenvalue weighted by Gasteiger charge is -2.21. The summed E-state index contributed by atoms with van der Waals surface area (Å²) in [6, 6.07) is 15.2. The lowest BCUT2D eigenvalue weighted by atomic mass is 10.3. The van der Waals surface area contributed by atoms with Crippen LogP contribution in [0, 0.1) is 5.82 Å². The Morgan fingerprint density at radius 1 is 1.16 bits per heavy atom. The molecule has 0 radical (unpaired) electrons. The molecule has 0 aliphatic heterocycles. The topological polar surface area (TPSA) is 79.6 Å². The quantitative estimate of drug-likeness (QED) is 0.428. The molecule has 0 bridgehead atoms. The summed E-state index contributed by atoms with van der Waals surface area (Å²) in [4.78, 5) is 6.02. The van der Waals surface area contributed by atoms with Gasteiger partial charge in [-0.05, 0) is 31.2 Å². The van der Waals surface area contributed by atoms with Gasteiger partial charge in [-0.1, -0.05) is 30.3 Å². The number of hydrogen-bond acceptors (Lipinski definition) is 4. The molecule has 0 spiro atoms. The summed E-state index contributed by atoms with van der Waals surface area (Å²) >= 11 is 0. The number of hydrogen-bond donors (Lipinski definition) is 1. The highest BCUT2D eigenvalue weighted by atomic mass is 32.2. The third-order valence-electron chi connectivity index (χ3n) is 4.57. The predicted molar refractivity (Wildman–Crippen MR) is 119 cm³/mol. The minimum atomic E-state index is -3.76. The molecule has 1 aromatic heterocycles. The van der Waals surface area contributed by atoms with Gasteiger partial charge in [-0.15, -0.1) is 0 Å². The van der Waals surface area contributed by atoms with Gasteiger partial charge in [-0.2, -0.15) is 5.10 Å². The molecule has 9 heteroatoms. The average molecular weight is 444 g/mol. The fourth-order valence-electron chi connectivity index (χ4n) is 3.06. The van der Waals surface area contributed by atoms with E-state index in [1.165, 1.54) is 18.2 Å². The van der Waals surface area contributed by atoms with Crippen molar-refractivity contribution in [3.63, 3.8) is 0 Å². The number of aromatic nitrogens is 2. The number of rotatable bonds is 8. The number of halogens is 1. The zero-order valence-electron chi connectivity index (χ0n) is 17.6. The van der Waals surface area contributed by atoms with Crippen LogP contribution in [0.25, 0.3) is 5.69 Å². The Labute approximate surface area is 182 Å². The predicted octanol–water partition coefficient (Wildman–Crippen LogP) is 2.88. The molecule has 3 aromatic rings. The highest BCUT2D eigenvalue weighted by Gasteiger charge is 2.18. The highest BCUT2D eigenvalue weighted by Crippen LogP contribution is 2.15. The molecular formula is C22H26FN5O2S. The number of benzene rings is 2. The van der Waals surface area contributed by atoms with Gasteiger partial charge in [0.15, 0.2) is 15.8 Å². The minimum absolute atomic E-state index is 0.0205. The number of guanidine groups is 1. The van der Waals surface area contributed by atoms with Crippen LogP contribution in [0.1, 0.15) is 12.5 Å². The van der Waals surface area contributed by atoms with Gasteiger partial charge >= 0.3 is 0 Å². The van der Waals surface area contributed by atoms with E-state index < -0.39 is 15.7 Å². The fraction of sp³-hybridized carbons (Fsp3) is 0.273. The van der Waals surface area contributed by atoms with Crippen molar-refractivity contribution in [2.75, 3.05) is 25.9 Å². The van der Waals surface area contributed by atoms with Gasteiger partial charge in [-0.25, -0.2) is 17.5 Å². The Morgan fingerprint density at radius 3 is 2.58 bits per heavy atom. The monoisotopic (exact) mass is 443 g/mol. The molecule has 1 N–H and O–H groups in total. The summed E-state index contributed by atoms with van der Waals surface area (Å²) in [5, 5.41) is 7.55. The molecule has 164 valence electrons. The molecule has 2 aromatic carbocycles. The molecule has 3 rings (SSSR count). The van der Waals surface area contributed by atoms with Crippen molar-refractivity contribution in [2.24, 2.45) is 4.99 Å². The number of para-hydroxylation sites is 1. The first-order chi connectivity index (χ1) is 14.9. The Hall–Kier alpha value is -3.20. The lowest BCUT2D eigenvalue weighted by Crippen LogP contribution is -2.38. The maximum Gasteiger partial charge on any atom is 0.193 e. The molecule has 31 heavy (non-hydrogen) atoms. The second-order valence-corrected chi connectivity index (χ2v) is 9.05. The second-order valence-electron chi connectivity index (χ2n) is 6.97. The number of nitrogens with one attached hydrogen (secondary N) is 1. The van der Waals surface area contributed by atoms with Crippen molar-refractivity contribution in [1.82, 2.24) is 20.0 Å². The standard InChI is InChI=1S/C22H26FN5O2S/c1-3-24-22(25-13-14-31(29,30)21-12-8-7-11-20(21)23)27(2)16-18-15-26-28(17-18)19-9-5-4-6-10-19/h4-12,15,17H,3,13-14,16H2,1-2H3,(H,24,25). The fourth-order valence-corrected chi connectivity index (χ4v) is 4.26. The van der Waals surface area contributed by atoms with Crippen molar-refractivity contribution in [3.05, 3.63) is 78.4 Å². The molecular weight excluding hydrogens is 417 g/mol. The third kappa shape index (κ3) is 5.91. The number of nitrogens with zero attached hydrogens (tertiary/aromatic N) is 4. The average Bonchev–Trinajstić information content (AvgIpc) is 3.22. The molecule has 0 amide bonds. The van der Waals surface area contributed by atoms with Crippen LogP contribution in [-0.4, -0.2) is 54.9 Å². The maximum absolute atomic E-state index is 13.8. The first-order valence-electron chi connectivity index (χ1n) is 9.96. The summed E-state index contributed by atoms with van der Waals surface area (Å²) in [6.45, 7) is 3.13. The van der Waals surface area contributed by atoms with Crippen LogP contribution in [0.15, 0.2) is 76.9 Å². The van der Waals surface area contributed by atoms with Crippen LogP contribution in [0.2, 0.25) is 0 Å². The normalized spacial score (nSPS) is 12.0. The molecule has 1 heterocycles. The van der Waals surface area contributed by atoms with Gasteiger partial charge in [0.2, 0.25) is 0 Å². The number of aliphatic imine (C=N–C) groups is 1. The van der Waals surface area contributed by atoms with Crippen LogP contribution in [-0.2, 0) is 16.4 Å². The molecule has 0 aliphatic rings. The van der Waals surface area contributed by atoms with Crippen LogP contribution < -0.4 is 5.32 Å². The van der Waals surface area contributed by atoms with Crippen LogP contribution in [0.3, 0.4) is 0 Å².